The second kappa shape index (κ2) is 7.43. The number of anilines is 1. The summed E-state index contributed by atoms with van der Waals surface area (Å²) in [5, 5.41) is 0. The van der Waals surface area contributed by atoms with Gasteiger partial charge in [0.05, 0.1) is 12.7 Å². The Balaban J connectivity index is 1.90. The minimum Gasteiger partial charge on any atom is -0.465 e. The summed E-state index contributed by atoms with van der Waals surface area (Å²) in [6.07, 6.45) is 2.23. The molecular formula is C18H21N3O5S. The zero-order valence-electron chi connectivity index (χ0n) is 15.1. The molecule has 2 heterocycles. The van der Waals surface area contributed by atoms with E-state index in [0.29, 0.717) is 25.3 Å². The third-order valence-corrected chi connectivity index (χ3v) is 5.78. The van der Waals surface area contributed by atoms with Gasteiger partial charge in [0, 0.05) is 31.5 Å². The van der Waals surface area contributed by atoms with Crippen LogP contribution in [0.1, 0.15) is 34.2 Å². The number of sulfonamides is 1. The minimum atomic E-state index is -3.91. The van der Waals surface area contributed by atoms with E-state index in [4.69, 9.17) is 0 Å². The van der Waals surface area contributed by atoms with Gasteiger partial charge in [0.25, 0.3) is 15.9 Å². The number of aryl methyl sites for hydroxylation is 1. The highest BCUT2D eigenvalue weighted by molar-refractivity contribution is 7.92. The van der Waals surface area contributed by atoms with Crippen LogP contribution in [0.5, 0.6) is 0 Å². The number of rotatable bonds is 5. The topological polar surface area (TPSA) is 97.7 Å². The van der Waals surface area contributed by atoms with Crippen LogP contribution >= 0.6 is 0 Å². The summed E-state index contributed by atoms with van der Waals surface area (Å²) in [4.78, 5) is 25.9. The predicted octanol–water partition coefficient (Wildman–Crippen LogP) is 1.94. The standard InChI is InChI=1S/C18H21N3O5S/c1-3-20-8-5-9-21-12-15(11-16(21)17(20)22)27(24,25)19-14-7-4-6-13(10-14)18(23)26-2/h4,6-7,10-12,19H,3,5,8-9H2,1-2H3. The largest absolute Gasteiger partial charge is 0.465 e. The van der Waals surface area contributed by atoms with Gasteiger partial charge in [-0.15, -0.1) is 0 Å². The van der Waals surface area contributed by atoms with Crippen molar-refractivity contribution >= 4 is 27.6 Å². The number of fused-ring (bicyclic) bond motifs is 1. The van der Waals surface area contributed by atoms with Gasteiger partial charge in [-0.3, -0.25) is 9.52 Å². The molecule has 0 fully saturated rings. The number of ether oxygens (including phenoxy) is 1. The van der Waals surface area contributed by atoms with Crippen LogP contribution < -0.4 is 4.72 Å². The fourth-order valence-corrected chi connectivity index (χ4v) is 4.12. The molecule has 0 spiro atoms. The van der Waals surface area contributed by atoms with Crippen molar-refractivity contribution in [3.05, 3.63) is 47.8 Å². The third kappa shape index (κ3) is 3.82. The number of esters is 1. The van der Waals surface area contributed by atoms with Gasteiger partial charge in [0.1, 0.15) is 10.6 Å². The van der Waals surface area contributed by atoms with Crippen LogP contribution in [0.4, 0.5) is 5.69 Å². The van der Waals surface area contributed by atoms with Crippen LogP contribution in [0.2, 0.25) is 0 Å². The maximum atomic E-state index is 12.7. The highest BCUT2D eigenvalue weighted by Gasteiger charge is 2.26. The van der Waals surface area contributed by atoms with Gasteiger partial charge in [-0.05, 0) is 37.6 Å². The van der Waals surface area contributed by atoms with Crippen LogP contribution in [0.15, 0.2) is 41.4 Å². The number of methoxy groups -OCH3 is 1. The molecule has 1 N–H and O–H groups in total. The summed E-state index contributed by atoms with van der Waals surface area (Å²) in [5.41, 5.74) is 0.831. The number of carbonyl (C=O) groups excluding carboxylic acids is 2. The lowest BCUT2D eigenvalue weighted by atomic mass is 10.2. The Labute approximate surface area is 157 Å². The number of carbonyl (C=O) groups is 2. The maximum absolute atomic E-state index is 12.7. The molecule has 0 saturated heterocycles. The highest BCUT2D eigenvalue weighted by atomic mass is 32.2. The Morgan fingerprint density at radius 3 is 2.74 bits per heavy atom. The number of aromatic nitrogens is 1. The van der Waals surface area contributed by atoms with Crippen LogP contribution in [-0.4, -0.2) is 50.0 Å². The summed E-state index contributed by atoms with van der Waals surface area (Å²) in [6, 6.07) is 7.41. The monoisotopic (exact) mass is 391 g/mol. The van der Waals surface area contributed by atoms with E-state index in [1.807, 2.05) is 6.92 Å². The third-order valence-electron chi connectivity index (χ3n) is 4.43. The number of benzene rings is 1. The minimum absolute atomic E-state index is 0.00674. The van der Waals surface area contributed by atoms with Crippen molar-refractivity contribution in [3.63, 3.8) is 0 Å². The summed E-state index contributed by atoms with van der Waals surface area (Å²) in [5.74, 6) is -0.735. The lowest BCUT2D eigenvalue weighted by Crippen LogP contribution is -2.30. The smallest absolute Gasteiger partial charge is 0.337 e. The van der Waals surface area contributed by atoms with Crippen molar-refractivity contribution in [1.82, 2.24) is 9.47 Å². The molecule has 0 bridgehead atoms. The fourth-order valence-electron chi connectivity index (χ4n) is 3.03. The zero-order chi connectivity index (χ0) is 19.6. The van der Waals surface area contributed by atoms with Crippen molar-refractivity contribution in [2.45, 2.75) is 24.8 Å². The quantitative estimate of drug-likeness (QED) is 0.786. The van der Waals surface area contributed by atoms with Crippen molar-refractivity contribution in [3.8, 4) is 0 Å². The van der Waals surface area contributed by atoms with Gasteiger partial charge < -0.3 is 14.2 Å². The van der Waals surface area contributed by atoms with E-state index in [9.17, 15) is 18.0 Å². The molecule has 0 atom stereocenters. The molecule has 0 aliphatic carbocycles. The van der Waals surface area contributed by atoms with E-state index >= 15 is 0 Å². The summed E-state index contributed by atoms with van der Waals surface area (Å²) in [7, 11) is -2.66. The van der Waals surface area contributed by atoms with Crippen molar-refractivity contribution in [1.29, 1.82) is 0 Å². The molecule has 27 heavy (non-hydrogen) atoms. The number of hydrogen-bond acceptors (Lipinski definition) is 5. The number of nitrogens with one attached hydrogen (secondary N) is 1. The molecule has 3 rings (SSSR count). The molecule has 144 valence electrons. The Morgan fingerprint density at radius 1 is 1.26 bits per heavy atom. The van der Waals surface area contributed by atoms with E-state index < -0.39 is 16.0 Å². The van der Waals surface area contributed by atoms with Gasteiger partial charge in [-0.1, -0.05) is 6.07 Å². The van der Waals surface area contributed by atoms with Crippen LogP contribution in [0, 0.1) is 0 Å². The average Bonchev–Trinajstić information content (AvgIpc) is 3.03. The first-order valence-corrected chi connectivity index (χ1v) is 10.0. The first-order chi connectivity index (χ1) is 12.9. The molecule has 0 saturated carbocycles. The van der Waals surface area contributed by atoms with Crippen LogP contribution in [0.3, 0.4) is 0 Å². The molecule has 0 unspecified atom stereocenters. The van der Waals surface area contributed by atoms with E-state index in [1.54, 1.807) is 15.5 Å². The second-order valence-electron chi connectivity index (χ2n) is 6.17. The number of hydrogen-bond donors (Lipinski definition) is 1. The molecule has 1 aromatic heterocycles. The van der Waals surface area contributed by atoms with E-state index in [1.165, 1.54) is 37.6 Å². The molecular weight excluding hydrogens is 370 g/mol. The predicted molar refractivity (Wildman–Crippen MR) is 99.2 cm³/mol. The second-order valence-corrected chi connectivity index (χ2v) is 7.85. The van der Waals surface area contributed by atoms with Crippen LogP contribution in [-0.2, 0) is 21.3 Å². The lowest BCUT2D eigenvalue weighted by Gasteiger charge is -2.17. The Kier molecular flexibility index (Phi) is 5.22. The fraction of sp³-hybridized carbons (Fsp3) is 0.333. The molecule has 1 aliphatic rings. The zero-order valence-corrected chi connectivity index (χ0v) is 16.0. The first kappa shape index (κ1) is 19.0. The average molecular weight is 391 g/mol. The van der Waals surface area contributed by atoms with Gasteiger partial charge in [-0.2, -0.15) is 0 Å². The van der Waals surface area contributed by atoms with E-state index in [-0.39, 0.29) is 22.1 Å². The summed E-state index contributed by atoms with van der Waals surface area (Å²) in [6.45, 7) is 3.69. The van der Waals surface area contributed by atoms with E-state index in [2.05, 4.69) is 9.46 Å². The summed E-state index contributed by atoms with van der Waals surface area (Å²) >= 11 is 0. The molecule has 1 amide bonds. The first-order valence-electron chi connectivity index (χ1n) is 8.56. The molecule has 0 radical (unpaired) electrons. The van der Waals surface area contributed by atoms with E-state index in [0.717, 1.165) is 6.42 Å². The number of nitrogens with zero attached hydrogens (tertiary/aromatic N) is 2. The Hall–Kier alpha value is -2.81. The van der Waals surface area contributed by atoms with Crippen molar-refractivity contribution in [2.75, 3.05) is 24.9 Å². The van der Waals surface area contributed by atoms with Gasteiger partial charge in [0.2, 0.25) is 0 Å². The van der Waals surface area contributed by atoms with Crippen LogP contribution in [0.25, 0.3) is 0 Å². The van der Waals surface area contributed by atoms with Gasteiger partial charge >= 0.3 is 5.97 Å². The SMILES string of the molecule is CCN1CCCn2cc(S(=O)(=O)Nc3cccc(C(=O)OC)c3)cc2C1=O. The molecule has 9 heteroatoms. The Bertz CT molecular complexity index is 981. The maximum Gasteiger partial charge on any atom is 0.337 e. The molecule has 2 aromatic rings. The molecule has 1 aliphatic heterocycles. The van der Waals surface area contributed by atoms with Crippen molar-refractivity contribution in [2.24, 2.45) is 0 Å². The van der Waals surface area contributed by atoms with Crippen molar-refractivity contribution < 1.29 is 22.7 Å². The highest BCUT2D eigenvalue weighted by Crippen LogP contribution is 2.22. The molecule has 1 aromatic carbocycles. The molecule has 8 nitrogen and oxygen atoms in total. The normalized spacial score (nSPS) is 14.4. The number of amides is 1. The summed E-state index contributed by atoms with van der Waals surface area (Å²) < 4.78 is 34.3. The van der Waals surface area contributed by atoms with Gasteiger partial charge in [0.15, 0.2) is 0 Å². The lowest BCUT2D eigenvalue weighted by molar-refractivity contribution is 0.0600. The van der Waals surface area contributed by atoms with Gasteiger partial charge in [-0.25, -0.2) is 13.2 Å². The Morgan fingerprint density at radius 2 is 2.04 bits per heavy atom.